The summed E-state index contributed by atoms with van der Waals surface area (Å²) in [6.45, 7) is 1.94. The maximum atomic E-state index is 13.3. The van der Waals surface area contributed by atoms with Gasteiger partial charge in [-0.2, -0.15) is 4.31 Å². The van der Waals surface area contributed by atoms with Crippen LogP contribution in [0.4, 0.5) is 4.39 Å². The van der Waals surface area contributed by atoms with E-state index in [4.69, 9.17) is 24.0 Å². The Labute approximate surface area is 201 Å². The number of aliphatic hydroxyl groups excluding tert-OH is 2. The van der Waals surface area contributed by atoms with Gasteiger partial charge in [0.15, 0.2) is 6.29 Å². The van der Waals surface area contributed by atoms with Crippen molar-refractivity contribution in [2.24, 2.45) is 0 Å². The number of aromatic nitrogens is 2. The van der Waals surface area contributed by atoms with E-state index in [1.807, 2.05) is 0 Å². The lowest BCUT2D eigenvalue weighted by molar-refractivity contribution is -0.261. The van der Waals surface area contributed by atoms with Crippen LogP contribution in [0.5, 0.6) is 0 Å². The summed E-state index contributed by atoms with van der Waals surface area (Å²) in [5.41, 5.74) is -1.78. The number of H-pyrrole nitrogens is 1. The highest BCUT2D eigenvalue weighted by Crippen LogP contribution is 2.57. The van der Waals surface area contributed by atoms with Crippen LogP contribution in [0.2, 0.25) is 0 Å². The maximum Gasteiger partial charge on any atom is 0.481 e. The van der Waals surface area contributed by atoms with Gasteiger partial charge in [0.1, 0.15) is 24.5 Å². The lowest BCUT2D eigenvalue weighted by Crippen LogP contribution is -2.51. The monoisotopic (exact) mass is 562 g/mol. The largest absolute Gasteiger partial charge is 0.481 e. The highest BCUT2D eigenvalue weighted by atomic mass is 31.3. The van der Waals surface area contributed by atoms with E-state index >= 15 is 0 Å². The van der Waals surface area contributed by atoms with E-state index in [2.05, 4.69) is 13.8 Å². The number of ether oxygens (including phenoxy) is 3. The predicted octanol–water partition coefficient (Wildman–Crippen LogP) is -0.936. The molecule has 2 aliphatic heterocycles. The molecule has 8 atom stereocenters. The third-order valence-electron chi connectivity index (χ3n) is 5.42. The predicted molar refractivity (Wildman–Crippen MR) is 114 cm³/mol. The summed E-state index contributed by atoms with van der Waals surface area (Å²) in [7, 11) is -10.7. The first-order valence-electron chi connectivity index (χ1n) is 10.3. The third kappa shape index (κ3) is 6.83. The number of aromatic amines is 1. The molecule has 0 spiro atoms. The van der Waals surface area contributed by atoms with Crippen molar-refractivity contribution in [1.82, 2.24) is 9.55 Å². The second-order valence-corrected chi connectivity index (χ2v) is 10.9. The lowest BCUT2D eigenvalue weighted by Gasteiger charge is -2.38. The molecule has 3 rings (SSSR count). The number of hydrogen-bond donors (Lipinski definition) is 6. The zero-order valence-corrected chi connectivity index (χ0v) is 20.5. The summed E-state index contributed by atoms with van der Waals surface area (Å²) in [5, 5.41) is 20.3. The van der Waals surface area contributed by atoms with Gasteiger partial charge in [-0.05, 0) is 13.8 Å². The Morgan fingerprint density at radius 2 is 1.89 bits per heavy atom. The van der Waals surface area contributed by atoms with Crippen LogP contribution in [-0.4, -0.2) is 77.9 Å². The van der Waals surface area contributed by atoms with Crippen LogP contribution in [0.3, 0.4) is 0 Å². The number of phosphoric acid groups is 2. The van der Waals surface area contributed by atoms with Gasteiger partial charge in [-0.1, -0.05) is 0 Å². The summed E-state index contributed by atoms with van der Waals surface area (Å²) < 4.78 is 62.1. The summed E-state index contributed by atoms with van der Waals surface area (Å²) >= 11 is 0. The van der Waals surface area contributed by atoms with Gasteiger partial charge in [0, 0.05) is 23.8 Å². The molecule has 0 amide bonds. The molecule has 0 saturated carbocycles. The molecule has 0 radical (unpaired) electrons. The van der Waals surface area contributed by atoms with Crippen LogP contribution in [0.25, 0.3) is 0 Å². The number of nitrogens with one attached hydrogen (secondary N) is 1. The molecule has 2 fully saturated rings. The van der Waals surface area contributed by atoms with Crippen molar-refractivity contribution < 1.29 is 61.5 Å². The van der Waals surface area contributed by atoms with Gasteiger partial charge in [-0.3, -0.25) is 18.9 Å². The number of aliphatic hydroxyl groups is 2. The number of phosphoric ester groups is 1. The van der Waals surface area contributed by atoms with Crippen molar-refractivity contribution in [2.75, 3.05) is 6.61 Å². The average molecular weight is 562 g/mol. The quantitative estimate of drug-likeness (QED) is 0.210. The molecule has 0 bridgehead atoms. The molecule has 1 aromatic rings. The summed E-state index contributed by atoms with van der Waals surface area (Å²) in [6.07, 6.45) is -8.45. The van der Waals surface area contributed by atoms with Gasteiger partial charge in [0.25, 0.3) is 5.56 Å². The van der Waals surface area contributed by atoms with Crippen LogP contribution in [-0.2, 0) is 32.2 Å². The molecule has 19 heteroatoms. The molecule has 16 nitrogen and oxygen atoms in total. The fourth-order valence-corrected chi connectivity index (χ4v) is 5.26. The highest BCUT2D eigenvalue weighted by Gasteiger charge is 2.46. The van der Waals surface area contributed by atoms with Crippen LogP contribution in [0, 0.1) is 6.92 Å². The average Bonchev–Trinajstić information content (AvgIpc) is 3.14. The zero-order valence-electron chi connectivity index (χ0n) is 18.7. The van der Waals surface area contributed by atoms with Gasteiger partial charge in [-0.15, -0.1) is 0 Å². The van der Waals surface area contributed by atoms with Crippen molar-refractivity contribution in [3.05, 3.63) is 44.5 Å². The van der Waals surface area contributed by atoms with Gasteiger partial charge in [-0.25, -0.2) is 18.3 Å². The first-order valence-corrected chi connectivity index (χ1v) is 13.3. The smallest absolute Gasteiger partial charge is 0.386 e. The van der Waals surface area contributed by atoms with E-state index in [0.717, 1.165) is 4.57 Å². The van der Waals surface area contributed by atoms with Crippen molar-refractivity contribution in [3.63, 3.8) is 0 Å². The van der Waals surface area contributed by atoms with Crippen LogP contribution in [0.1, 0.15) is 25.1 Å². The second kappa shape index (κ2) is 11.0. The Bertz CT molecular complexity index is 1200. The number of aryl methyl sites for hydroxylation is 1. The van der Waals surface area contributed by atoms with Crippen LogP contribution >= 0.6 is 15.6 Å². The zero-order chi connectivity index (χ0) is 27.0. The Hall–Kier alpha value is -1.59. The number of hydrogen-bond acceptors (Lipinski definition) is 11. The topological polar surface area (TPSA) is 236 Å². The van der Waals surface area contributed by atoms with E-state index in [-0.39, 0.29) is 18.3 Å². The number of nitrogens with zero attached hydrogens (tertiary/aromatic N) is 1. The minimum absolute atomic E-state index is 0.00332. The molecule has 2 saturated heterocycles. The van der Waals surface area contributed by atoms with Crippen LogP contribution in [0.15, 0.2) is 27.7 Å². The molecule has 36 heavy (non-hydrogen) atoms. The van der Waals surface area contributed by atoms with Gasteiger partial charge in [0.2, 0.25) is 0 Å². The Morgan fingerprint density at radius 1 is 1.22 bits per heavy atom. The molecule has 0 aliphatic carbocycles. The van der Waals surface area contributed by atoms with E-state index in [1.54, 1.807) is 0 Å². The van der Waals surface area contributed by atoms with Crippen molar-refractivity contribution >= 4 is 15.6 Å². The molecule has 1 unspecified atom stereocenters. The molecule has 3 heterocycles. The normalized spacial score (nSPS) is 34.1. The van der Waals surface area contributed by atoms with Crippen molar-refractivity contribution in [1.29, 1.82) is 0 Å². The van der Waals surface area contributed by atoms with E-state index in [0.29, 0.717) is 0 Å². The molecule has 1 aromatic heterocycles. The fourth-order valence-electron chi connectivity index (χ4n) is 3.66. The van der Waals surface area contributed by atoms with E-state index in [9.17, 15) is 38.2 Å². The highest BCUT2D eigenvalue weighted by molar-refractivity contribution is 7.60. The first kappa shape index (κ1) is 29.0. The molecular weight excluding hydrogens is 537 g/mol. The van der Waals surface area contributed by atoms with Gasteiger partial charge >= 0.3 is 21.3 Å². The SMILES string of the molecule is Cc1cn([C@H]2C[C@H](O[C@H]3O[C@@H](C)[C@H](O)/C(=C/F)[C@H]3O)[C@@H](COP(=O)(O)OP(=O)(O)O)O2)c(=O)[nH]c1=O. The summed E-state index contributed by atoms with van der Waals surface area (Å²) in [5.74, 6) is 0. The molecule has 204 valence electrons. The number of rotatable bonds is 8. The minimum Gasteiger partial charge on any atom is -0.386 e. The molecule has 6 N–H and O–H groups in total. The Morgan fingerprint density at radius 3 is 2.50 bits per heavy atom. The lowest BCUT2D eigenvalue weighted by atomic mass is 9.97. The molecule has 2 aliphatic rings. The fraction of sp³-hybridized carbons (Fsp3) is 0.647. The third-order valence-corrected chi connectivity index (χ3v) is 7.57. The Kier molecular flexibility index (Phi) is 8.88. The molecular formula is C17H25FN2O14P2. The Balaban J connectivity index is 1.85. The first-order chi connectivity index (χ1) is 16.6. The van der Waals surface area contributed by atoms with Gasteiger partial charge < -0.3 is 39.1 Å². The van der Waals surface area contributed by atoms with Crippen molar-refractivity contribution in [3.8, 4) is 0 Å². The number of halogens is 1. The van der Waals surface area contributed by atoms with E-state index in [1.165, 1.54) is 20.0 Å². The summed E-state index contributed by atoms with van der Waals surface area (Å²) in [4.78, 5) is 53.1. The van der Waals surface area contributed by atoms with Gasteiger partial charge in [0.05, 0.1) is 25.1 Å². The van der Waals surface area contributed by atoms with Crippen LogP contribution < -0.4 is 11.2 Å². The summed E-state index contributed by atoms with van der Waals surface area (Å²) in [6, 6.07) is 0. The van der Waals surface area contributed by atoms with E-state index < -0.39 is 82.1 Å². The van der Waals surface area contributed by atoms with Crippen molar-refractivity contribution in [2.45, 2.75) is 63.3 Å². The second-order valence-electron chi connectivity index (χ2n) is 8.06. The maximum absolute atomic E-state index is 13.3. The minimum atomic E-state index is -5.41. The molecule has 0 aromatic carbocycles. The standard InChI is InChI=1S/C17H25FN2O14P2/c1-7-5-20(17(24)19-15(7)23)12-3-10(11(32-12)6-30-36(28,29)34-35(25,26)27)33-16-14(22)9(4-18)13(21)8(2)31-16/h4-5,8,10-14,16,21-22H,3,6H2,1-2H3,(H,28,29)(H,19,23,24)(H2,25,26,27)/b9-4-/t8-,10-,11+,12+,13-,14+,16+/m0/s1.